The minimum Gasteiger partial charge on any atom is -0.383 e. The Morgan fingerprint density at radius 2 is 2.18 bits per heavy atom. The topological polar surface area (TPSA) is 80.5 Å². The molecule has 0 aliphatic carbocycles. The van der Waals surface area contributed by atoms with E-state index in [0.717, 1.165) is 36.7 Å². The molecule has 2 heterocycles. The highest BCUT2D eigenvalue weighted by Crippen LogP contribution is 2.21. The number of benzene rings is 1. The van der Waals surface area contributed by atoms with Crippen molar-refractivity contribution in [2.24, 2.45) is 0 Å². The Kier molecular flexibility index (Phi) is 7.59. The number of carbonyl (C=O) groups is 1. The quantitative estimate of drug-likeness (QED) is 0.647. The average molecular weight is 405 g/mol. The zero-order chi connectivity index (χ0) is 19.8. The lowest BCUT2D eigenvalue weighted by Crippen LogP contribution is -2.28. The molecule has 1 aromatic carbocycles. The minimum absolute atomic E-state index is 0.0495. The van der Waals surface area contributed by atoms with Crippen LogP contribution in [0.1, 0.15) is 30.1 Å². The molecule has 0 fully saturated rings. The second kappa shape index (κ2) is 10.4. The van der Waals surface area contributed by atoms with Gasteiger partial charge in [-0.25, -0.2) is 0 Å². The van der Waals surface area contributed by atoms with Crippen molar-refractivity contribution in [1.82, 2.24) is 20.4 Å². The zero-order valence-electron chi connectivity index (χ0n) is 16.0. The van der Waals surface area contributed by atoms with Gasteiger partial charge in [-0.05, 0) is 29.7 Å². The summed E-state index contributed by atoms with van der Waals surface area (Å²) in [4.78, 5) is 18.5. The summed E-state index contributed by atoms with van der Waals surface area (Å²) < 4.78 is 10.2. The highest BCUT2D eigenvalue weighted by molar-refractivity contribution is 6.30. The van der Waals surface area contributed by atoms with Gasteiger partial charge < -0.3 is 14.6 Å². The summed E-state index contributed by atoms with van der Waals surface area (Å²) in [6.45, 7) is 3.66. The predicted molar refractivity (Wildman–Crippen MR) is 107 cm³/mol. The monoisotopic (exact) mass is 404 g/mol. The number of methoxy groups -OCH3 is 1. The molecule has 0 bridgehead atoms. The van der Waals surface area contributed by atoms with Crippen molar-refractivity contribution in [1.29, 1.82) is 0 Å². The Hall–Kier alpha value is -2.22. The van der Waals surface area contributed by atoms with Crippen molar-refractivity contribution < 1.29 is 14.1 Å². The van der Waals surface area contributed by atoms with Gasteiger partial charge in [0.05, 0.1) is 6.61 Å². The maximum Gasteiger partial charge on any atom is 0.227 e. The smallest absolute Gasteiger partial charge is 0.227 e. The first-order chi connectivity index (χ1) is 13.6. The second-order valence-electron chi connectivity index (χ2n) is 6.70. The summed E-state index contributed by atoms with van der Waals surface area (Å²) in [6.07, 6.45) is 3.76. The Labute approximate surface area is 169 Å². The van der Waals surface area contributed by atoms with Crippen LogP contribution in [0.25, 0.3) is 5.57 Å². The number of halogens is 1. The standard InChI is InChI=1S/C20H25ClN4O3/c1-27-13-10-22-18(26)6-7-19-23-20(24-28-19)16-8-11-25(12-9-16)14-15-2-4-17(21)5-3-15/h2-5,8H,6-7,9-14H2,1H3,(H,22,26). The number of aromatic nitrogens is 2. The van der Waals surface area contributed by atoms with Crippen LogP contribution < -0.4 is 5.32 Å². The minimum atomic E-state index is -0.0495. The van der Waals surface area contributed by atoms with Gasteiger partial charge in [-0.2, -0.15) is 4.98 Å². The molecular formula is C20H25ClN4O3. The second-order valence-corrected chi connectivity index (χ2v) is 7.13. The van der Waals surface area contributed by atoms with Gasteiger partial charge in [-0.3, -0.25) is 9.69 Å². The van der Waals surface area contributed by atoms with Crippen molar-refractivity contribution >= 4 is 23.1 Å². The van der Waals surface area contributed by atoms with Crippen molar-refractivity contribution in [3.8, 4) is 0 Å². The van der Waals surface area contributed by atoms with Gasteiger partial charge in [-0.1, -0.05) is 35.0 Å². The van der Waals surface area contributed by atoms with Crippen LogP contribution in [-0.4, -0.2) is 54.3 Å². The number of nitrogens with one attached hydrogen (secondary N) is 1. The molecule has 150 valence electrons. The van der Waals surface area contributed by atoms with E-state index in [1.807, 2.05) is 12.1 Å². The van der Waals surface area contributed by atoms with E-state index in [1.165, 1.54) is 5.56 Å². The SMILES string of the molecule is COCCNC(=O)CCc1nc(C2=CCN(Cc3ccc(Cl)cc3)CC2)no1. The van der Waals surface area contributed by atoms with E-state index >= 15 is 0 Å². The number of ether oxygens (including phenoxy) is 1. The molecule has 2 aromatic rings. The van der Waals surface area contributed by atoms with Crippen LogP contribution in [0.3, 0.4) is 0 Å². The number of amides is 1. The van der Waals surface area contributed by atoms with E-state index in [0.29, 0.717) is 37.7 Å². The van der Waals surface area contributed by atoms with Crippen molar-refractivity contribution in [3.05, 3.63) is 52.6 Å². The van der Waals surface area contributed by atoms with Crippen LogP contribution in [-0.2, 0) is 22.5 Å². The number of hydrogen-bond donors (Lipinski definition) is 1. The maximum absolute atomic E-state index is 11.7. The molecule has 1 N–H and O–H groups in total. The fraction of sp³-hybridized carbons (Fsp3) is 0.450. The zero-order valence-corrected chi connectivity index (χ0v) is 16.7. The van der Waals surface area contributed by atoms with Gasteiger partial charge in [-0.15, -0.1) is 0 Å². The van der Waals surface area contributed by atoms with Crippen molar-refractivity contribution in [3.63, 3.8) is 0 Å². The molecule has 1 amide bonds. The van der Waals surface area contributed by atoms with Crippen molar-refractivity contribution in [2.75, 3.05) is 33.4 Å². The Bertz CT molecular complexity index is 804. The maximum atomic E-state index is 11.7. The Morgan fingerprint density at radius 3 is 2.89 bits per heavy atom. The van der Waals surface area contributed by atoms with E-state index in [9.17, 15) is 4.79 Å². The summed E-state index contributed by atoms with van der Waals surface area (Å²) in [5.74, 6) is 1.06. The molecule has 0 saturated heterocycles. The van der Waals surface area contributed by atoms with Gasteiger partial charge in [0.2, 0.25) is 11.8 Å². The van der Waals surface area contributed by atoms with Crippen LogP contribution in [0, 0.1) is 0 Å². The number of nitrogens with zero attached hydrogens (tertiary/aromatic N) is 3. The van der Waals surface area contributed by atoms with Gasteiger partial charge >= 0.3 is 0 Å². The average Bonchev–Trinajstić information content (AvgIpc) is 3.18. The first-order valence-electron chi connectivity index (χ1n) is 9.38. The fourth-order valence-electron chi connectivity index (χ4n) is 2.99. The van der Waals surface area contributed by atoms with Crippen LogP contribution in [0.4, 0.5) is 0 Å². The van der Waals surface area contributed by atoms with Crippen LogP contribution >= 0.6 is 11.6 Å². The van der Waals surface area contributed by atoms with Gasteiger partial charge in [0, 0.05) is 51.2 Å². The molecule has 3 rings (SSSR count). The third-order valence-corrected chi connectivity index (χ3v) is 4.81. The molecule has 0 saturated carbocycles. The van der Waals surface area contributed by atoms with Crippen molar-refractivity contribution in [2.45, 2.75) is 25.8 Å². The molecule has 7 nitrogen and oxygen atoms in total. The molecule has 0 unspecified atom stereocenters. The van der Waals surface area contributed by atoms with E-state index < -0.39 is 0 Å². The highest BCUT2D eigenvalue weighted by atomic mass is 35.5. The number of hydrogen-bond acceptors (Lipinski definition) is 6. The summed E-state index contributed by atoms with van der Waals surface area (Å²) in [7, 11) is 1.60. The fourth-order valence-corrected chi connectivity index (χ4v) is 3.12. The number of carbonyl (C=O) groups excluding carboxylic acids is 1. The summed E-state index contributed by atoms with van der Waals surface area (Å²) in [5, 5.41) is 7.60. The summed E-state index contributed by atoms with van der Waals surface area (Å²) >= 11 is 5.94. The molecule has 28 heavy (non-hydrogen) atoms. The van der Waals surface area contributed by atoms with E-state index in [-0.39, 0.29) is 5.91 Å². The van der Waals surface area contributed by atoms with Gasteiger partial charge in [0.1, 0.15) is 0 Å². The van der Waals surface area contributed by atoms with Crippen LogP contribution in [0.15, 0.2) is 34.9 Å². The van der Waals surface area contributed by atoms with Crippen LogP contribution in [0.5, 0.6) is 0 Å². The van der Waals surface area contributed by atoms with E-state index in [1.54, 1.807) is 7.11 Å². The lowest BCUT2D eigenvalue weighted by atomic mass is 10.1. The molecule has 0 radical (unpaired) electrons. The first kappa shape index (κ1) is 20.5. The van der Waals surface area contributed by atoms with E-state index in [2.05, 4.69) is 38.6 Å². The van der Waals surface area contributed by atoms with Gasteiger partial charge in [0.15, 0.2) is 5.82 Å². The molecule has 0 spiro atoms. The molecule has 0 atom stereocenters. The molecule has 8 heteroatoms. The van der Waals surface area contributed by atoms with Gasteiger partial charge in [0.25, 0.3) is 0 Å². The predicted octanol–water partition coefficient (Wildman–Crippen LogP) is 2.71. The van der Waals surface area contributed by atoms with E-state index in [4.69, 9.17) is 20.9 Å². The lowest BCUT2D eigenvalue weighted by molar-refractivity contribution is -0.121. The highest BCUT2D eigenvalue weighted by Gasteiger charge is 2.17. The third kappa shape index (κ3) is 6.15. The Morgan fingerprint density at radius 1 is 1.36 bits per heavy atom. The van der Waals surface area contributed by atoms with Crippen LogP contribution in [0.2, 0.25) is 5.02 Å². The molecule has 1 aromatic heterocycles. The largest absolute Gasteiger partial charge is 0.383 e. The lowest BCUT2D eigenvalue weighted by Gasteiger charge is -2.25. The summed E-state index contributed by atoms with van der Waals surface area (Å²) in [6, 6.07) is 7.94. The molecule has 1 aliphatic rings. The Balaban J connectivity index is 1.46. The normalized spacial score (nSPS) is 14.7. The molecule has 1 aliphatic heterocycles. The molecular weight excluding hydrogens is 380 g/mol. The first-order valence-corrected chi connectivity index (χ1v) is 9.76. The number of rotatable bonds is 9. The summed E-state index contributed by atoms with van der Waals surface area (Å²) in [5.41, 5.74) is 2.33. The number of aryl methyl sites for hydroxylation is 1. The third-order valence-electron chi connectivity index (χ3n) is 4.56.